The highest BCUT2D eigenvalue weighted by molar-refractivity contribution is 5.68. The van der Waals surface area contributed by atoms with E-state index in [1.807, 2.05) is 0 Å². The second-order valence-electron chi connectivity index (χ2n) is 5.00. The maximum absolute atomic E-state index is 11.4. The highest BCUT2D eigenvalue weighted by atomic mass is 16.6. The molecule has 1 rings (SSSR count). The molecule has 0 aliphatic rings. The summed E-state index contributed by atoms with van der Waals surface area (Å²) in [5.74, 6) is 0.769. The summed E-state index contributed by atoms with van der Waals surface area (Å²) in [5.41, 5.74) is 5.61. The minimum absolute atomic E-state index is 0.308. The van der Waals surface area contributed by atoms with Crippen LogP contribution in [0, 0.1) is 0 Å². The van der Waals surface area contributed by atoms with Gasteiger partial charge in [0.2, 0.25) is 5.88 Å². The van der Waals surface area contributed by atoms with E-state index in [9.17, 15) is 4.79 Å². The molecule has 0 bridgehead atoms. The maximum Gasteiger partial charge on any atom is 0.407 e. The van der Waals surface area contributed by atoms with E-state index in [0.29, 0.717) is 30.5 Å². The molecule has 1 amide bonds. The topological polar surface area (TPSA) is 111 Å². The monoisotopic (exact) mass is 283 g/mol. The second-order valence-corrected chi connectivity index (χ2v) is 5.00. The van der Waals surface area contributed by atoms with E-state index in [-0.39, 0.29) is 0 Å². The third-order valence-corrected chi connectivity index (χ3v) is 2.13. The zero-order valence-electron chi connectivity index (χ0n) is 12.2. The van der Waals surface area contributed by atoms with E-state index in [4.69, 9.17) is 15.2 Å². The van der Waals surface area contributed by atoms with Crippen molar-refractivity contribution in [1.82, 2.24) is 15.3 Å². The number of alkyl carbamates (subject to hydrolysis) is 1. The predicted molar refractivity (Wildman–Crippen MR) is 75.7 cm³/mol. The number of nitrogens with one attached hydrogen (secondary N) is 2. The lowest BCUT2D eigenvalue weighted by Gasteiger charge is -2.19. The molecule has 4 N–H and O–H groups in total. The van der Waals surface area contributed by atoms with Gasteiger partial charge in [-0.2, -0.15) is 4.98 Å². The van der Waals surface area contributed by atoms with Gasteiger partial charge >= 0.3 is 6.09 Å². The first-order valence-electron chi connectivity index (χ1n) is 6.18. The first-order valence-corrected chi connectivity index (χ1v) is 6.18. The Bertz CT molecular complexity index is 459. The number of nitrogens with zero attached hydrogens (tertiary/aromatic N) is 2. The van der Waals surface area contributed by atoms with Crippen LogP contribution in [0.2, 0.25) is 0 Å². The van der Waals surface area contributed by atoms with Crippen molar-refractivity contribution in [2.24, 2.45) is 0 Å². The number of carbonyl (C=O) groups is 1. The number of amides is 1. The molecule has 1 aromatic rings. The van der Waals surface area contributed by atoms with Crippen LogP contribution in [0.25, 0.3) is 0 Å². The standard InChI is InChI=1S/C12H21N5O3/c1-12(2,3)20-11(18)15-6-5-14-9-8(13)10(19-4)17-7-16-9/h7H,5-6,13H2,1-4H3,(H,15,18)(H,14,16,17). The van der Waals surface area contributed by atoms with Crippen molar-refractivity contribution in [3.63, 3.8) is 0 Å². The van der Waals surface area contributed by atoms with Gasteiger partial charge in [0.25, 0.3) is 0 Å². The van der Waals surface area contributed by atoms with Crippen LogP contribution in [0.15, 0.2) is 6.33 Å². The molecule has 1 heterocycles. The van der Waals surface area contributed by atoms with Crippen molar-refractivity contribution in [2.45, 2.75) is 26.4 Å². The fourth-order valence-electron chi connectivity index (χ4n) is 1.34. The number of nitrogen functional groups attached to an aromatic ring is 1. The highest BCUT2D eigenvalue weighted by Crippen LogP contribution is 2.23. The Morgan fingerprint density at radius 2 is 2.05 bits per heavy atom. The van der Waals surface area contributed by atoms with Gasteiger partial charge in [-0.3, -0.25) is 0 Å². The minimum Gasteiger partial charge on any atom is -0.479 e. The quantitative estimate of drug-likeness (QED) is 0.691. The maximum atomic E-state index is 11.4. The number of hydrogen-bond donors (Lipinski definition) is 3. The van der Waals surface area contributed by atoms with Gasteiger partial charge in [-0.1, -0.05) is 0 Å². The molecule has 8 nitrogen and oxygen atoms in total. The molecular weight excluding hydrogens is 262 g/mol. The van der Waals surface area contributed by atoms with E-state index in [0.717, 1.165) is 0 Å². The van der Waals surface area contributed by atoms with Gasteiger partial charge in [0.1, 0.15) is 17.6 Å². The molecule has 112 valence electrons. The Kier molecular flexibility index (Phi) is 5.36. The smallest absolute Gasteiger partial charge is 0.407 e. The molecule has 0 saturated carbocycles. The Morgan fingerprint density at radius 1 is 1.35 bits per heavy atom. The van der Waals surface area contributed by atoms with Crippen molar-refractivity contribution >= 4 is 17.6 Å². The Hall–Kier alpha value is -2.25. The number of aromatic nitrogens is 2. The summed E-state index contributed by atoms with van der Waals surface area (Å²) < 4.78 is 10.1. The van der Waals surface area contributed by atoms with Crippen LogP contribution in [-0.4, -0.2) is 41.9 Å². The van der Waals surface area contributed by atoms with Crippen LogP contribution in [0.3, 0.4) is 0 Å². The van der Waals surface area contributed by atoms with Gasteiger partial charge in [0.15, 0.2) is 5.82 Å². The number of nitrogens with two attached hydrogens (primary N) is 1. The van der Waals surface area contributed by atoms with E-state index in [1.54, 1.807) is 20.8 Å². The van der Waals surface area contributed by atoms with Crippen LogP contribution in [0.4, 0.5) is 16.3 Å². The summed E-state index contributed by atoms with van der Waals surface area (Å²) in [5, 5.41) is 5.60. The fraction of sp³-hybridized carbons (Fsp3) is 0.583. The van der Waals surface area contributed by atoms with Gasteiger partial charge in [0.05, 0.1) is 7.11 Å². The molecule has 0 atom stereocenters. The summed E-state index contributed by atoms with van der Waals surface area (Å²) >= 11 is 0. The number of anilines is 2. The summed E-state index contributed by atoms with van der Waals surface area (Å²) in [7, 11) is 1.48. The van der Waals surface area contributed by atoms with Gasteiger partial charge in [-0.15, -0.1) is 0 Å². The minimum atomic E-state index is -0.512. The molecular formula is C12H21N5O3. The third-order valence-electron chi connectivity index (χ3n) is 2.13. The van der Waals surface area contributed by atoms with Crippen molar-refractivity contribution < 1.29 is 14.3 Å². The lowest BCUT2D eigenvalue weighted by atomic mass is 10.2. The van der Waals surface area contributed by atoms with E-state index >= 15 is 0 Å². The van der Waals surface area contributed by atoms with Crippen LogP contribution < -0.4 is 21.1 Å². The fourth-order valence-corrected chi connectivity index (χ4v) is 1.34. The highest BCUT2D eigenvalue weighted by Gasteiger charge is 2.15. The first kappa shape index (κ1) is 15.8. The van der Waals surface area contributed by atoms with Gasteiger partial charge in [0, 0.05) is 13.1 Å². The van der Waals surface area contributed by atoms with Gasteiger partial charge in [-0.25, -0.2) is 9.78 Å². The molecule has 0 aromatic carbocycles. The number of carbonyl (C=O) groups excluding carboxylic acids is 1. The molecule has 0 fully saturated rings. The molecule has 0 radical (unpaired) electrons. The lowest BCUT2D eigenvalue weighted by Crippen LogP contribution is -2.35. The van der Waals surface area contributed by atoms with Crippen LogP contribution in [-0.2, 0) is 4.74 Å². The van der Waals surface area contributed by atoms with Crippen molar-refractivity contribution in [3.8, 4) is 5.88 Å². The molecule has 0 unspecified atom stereocenters. The number of ether oxygens (including phenoxy) is 2. The third kappa shape index (κ3) is 5.17. The van der Waals surface area contributed by atoms with E-state index < -0.39 is 11.7 Å². The van der Waals surface area contributed by atoms with Gasteiger partial charge in [-0.05, 0) is 20.8 Å². The summed E-state index contributed by atoms with van der Waals surface area (Å²) in [6, 6.07) is 0. The van der Waals surface area contributed by atoms with E-state index in [2.05, 4.69) is 20.6 Å². The summed E-state index contributed by atoms with van der Waals surface area (Å²) in [4.78, 5) is 19.3. The number of methoxy groups -OCH3 is 1. The number of rotatable bonds is 5. The SMILES string of the molecule is COc1ncnc(NCCNC(=O)OC(C)(C)C)c1N. The second kappa shape index (κ2) is 6.78. The van der Waals surface area contributed by atoms with Crippen LogP contribution in [0.5, 0.6) is 5.88 Å². The molecule has 0 spiro atoms. The number of hydrogen-bond acceptors (Lipinski definition) is 7. The zero-order chi connectivity index (χ0) is 15.2. The summed E-state index contributed by atoms with van der Waals surface area (Å²) in [6.45, 7) is 6.24. The van der Waals surface area contributed by atoms with Crippen LogP contribution in [0.1, 0.15) is 20.8 Å². The molecule has 8 heteroatoms. The summed E-state index contributed by atoms with van der Waals surface area (Å²) in [6.07, 6.45) is 0.881. The first-order chi connectivity index (χ1) is 9.33. The largest absolute Gasteiger partial charge is 0.479 e. The van der Waals surface area contributed by atoms with Gasteiger partial charge < -0.3 is 25.8 Å². The van der Waals surface area contributed by atoms with Crippen molar-refractivity contribution in [1.29, 1.82) is 0 Å². The Balaban J connectivity index is 2.37. The predicted octanol–water partition coefficient (Wildman–Crippen LogP) is 1.00. The Labute approximate surface area is 118 Å². The molecule has 0 saturated heterocycles. The Morgan fingerprint density at radius 3 is 2.65 bits per heavy atom. The normalized spacial score (nSPS) is 10.8. The average Bonchev–Trinajstić information content (AvgIpc) is 2.34. The van der Waals surface area contributed by atoms with E-state index in [1.165, 1.54) is 13.4 Å². The van der Waals surface area contributed by atoms with Crippen molar-refractivity contribution in [2.75, 3.05) is 31.2 Å². The molecule has 0 aliphatic carbocycles. The molecule has 1 aromatic heterocycles. The van der Waals surface area contributed by atoms with Crippen LogP contribution >= 0.6 is 0 Å². The average molecular weight is 283 g/mol. The molecule has 0 aliphatic heterocycles. The zero-order valence-corrected chi connectivity index (χ0v) is 12.2. The lowest BCUT2D eigenvalue weighted by molar-refractivity contribution is 0.0530. The van der Waals surface area contributed by atoms with Crippen molar-refractivity contribution in [3.05, 3.63) is 6.33 Å². The molecule has 20 heavy (non-hydrogen) atoms.